The van der Waals surface area contributed by atoms with Gasteiger partial charge >= 0.3 is 17.9 Å². The monoisotopic (exact) mass is 518 g/mol. The van der Waals surface area contributed by atoms with E-state index in [1.807, 2.05) is 36.4 Å². The highest BCUT2D eigenvalue weighted by Crippen LogP contribution is 2.49. The molecule has 0 bridgehead atoms. The summed E-state index contributed by atoms with van der Waals surface area (Å²) in [4.78, 5) is 23.3. The van der Waals surface area contributed by atoms with Crippen LogP contribution in [0.15, 0.2) is 36.4 Å². The molecule has 0 spiro atoms. The minimum atomic E-state index is -2.00. The van der Waals surface area contributed by atoms with Crippen LogP contribution in [-0.2, 0) is 44.6 Å². The van der Waals surface area contributed by atoms with E-state index < -0.39 is 48.8 Å². The van der Waals surface area contributed by atoms with E-state index in [4.69, 9.17) is 33.2 Å². The second kappa shape index (κ2) is 11.1. The molecule has 4 aliphatic rings. The lowest BCUT2D eigenvalue weighted by Gasteiger charge is -2.34. The Morgan fingerprint density at radius 3 is 2.76 bits per heavy atom. The predicted octanol–water partition coefficient (Wildman–Crippen LogP) is 2.96. The Labute approximate surface area is 215 Å². The van der Waals surface area contributed by atoms with Crippen LogP contribution in [0.4, 0.5) is 0 Å². The summed E-state index contributed by atoms with van der Waals surface area (Å²) < 4.78 is 40.6. The number of fused-ring (bicyclic) bond motifs is 2. The van der Waals surface area contributed by atoms with Crippen molar-refractivity contribution in [1.29, 1.82) is 0 Å². The van der Waals surface area contributed by atoms with Gasteiger partial charge in [0.1, 0.15) is 18.0 Å². The number of aliphatic hydroxyl groups is 1. The highest BCUT2D eigenvalue weighted by Gasteiger charge is 2.57. The second-order valence-electron chi connectivity index (χ2n) is 9.98. The minimum Gasteiger partial charge on any atom is -0.462 e. The second-order valence-corrected chi connectivity index (χ2v) is 9.98. The molecular formula is C27H34O10. The molecule has 1 N–H and O–H groups in total. The molecule has 202 valence electrons. The number of hydrogen-bond acceptors (Lipinski definition) is 10. The zero-order valence-electron chi connectivity index (χ0n) is 21.1. The lowest BCUT2D eigenvalue weighted by molar-refractivity contribution is -0.331. The average molecular weight is 519 g/mol. The topological polar surface area (TPSA) is 119 Å². The first-order chi connectivity index (χ1) is 17.8. The van der Waals surface area contributed by atoms with Gasteiger partial charge in [0.05, 0.1) is 12.7 Å². The third kappa shape index (κ3) is 6.15. The molecule has 3 unspecified atom stereocenters. The molecule has 0 radical (unpaired) electrons. The van der Waals surface area contributed by atoms with E-state index in [9.17, 15) is 14.7 Å². The Bertz CT molecular complexity index is 1000. The van der Waals surface area contributed by atoms with Gasteiger partial charge in [-0.1, -0.05) is 30.4 Å². The summed E-state index contributed by atoms with van der Waals surface area (Å²) in [6.45, 7) is 3.58. The summed E-state index contributed by atoms with van der Waals surface area (Å²) >= 11 is 0. The molecule has 2 saturated heterocycles. The van der Waals surface area contributed by atoms with E-state index >= 15 is 0 Å². The molecule has 3 aliphatic heterocycles. The Kier molecular flexibility index (Phi) is 7.83. The Balaban J connectivity index is 1.37. The number of rotatable bonds is 7. The number of ether oxygens (including phenoxy) is 7. The van der Waals surface area contributed by atoms with Crippen LogP contribution in [-0.4, -0.2) is 60.5 Å². The van der Waals surface area contributed by atoms with Crippen LogP contribution < -0.4 is 4.74 Å². The first-order valence-electron chi connectivity index (χ1n) is 12.9. The molecule has 37 heavy (non-hydrogen) atoms. The lowest BCUT2D eigenvalue weighted by Crippen LogP contribution is -2.41. The summed E-state index contributed by atoms with van der Waals surface area (Å²) in [5.74, 6) is -2.87. The van der Waals surface area contributed by atoms with Gasteiger partial charge in [0.25, 0.3) is 0 Å². The SMILES string of the molecule is CC(=O)O[C@@H]1C[C@@H]2OC(O)(OC(C)=O)C[C@@H]2[C@H]1/C=C/[C@@H](OC1CCCCO1)C1OCc2ccccc2O1. The molecule has 3 fully saturated rings. The maximum absolute atomic E-state index is 11.8. The zero-order valence-corrected chi connectivity index (χ0v) is 21.1. The highest BCUT2D eigenvalue weighted by atomic mass is 16.8. The van der Waals surface area contributed by atoms with Crippen LogP contribution in [0.1, 0.15) is 51.5 Å². The molecule has 1 saturated carbocycles. The minimum absolute atomic E-state index is 0.0606. The number of para-hydroxylation sites is 1. The molecule has 1 aliphatic carbocycles. The van der Waals surface area contributed by atoms with E-state index in [-0.39, 0.29) is 18.3 Å². The smallest absolute Gasteiger partial charge is 0.327 e. The first-order valence-corrected chi connectivity index (χ1v) is 12.9. The van der Waals surface area contributed by atoms with Crippen molar-refractivity contribution in [3.05, 3.63) is 42.0 Å². The maximum atomic E-state index is 11.8. The number of esters is 2. The molecule has 5 rings (SSSR count). The summed E-state index contributed by atoms with van der Waals surface area (Å²) in [6.07, 6.45) is 4.32. The maximum Gasteiger partial charge on any atom is 0.327 e. The van der Waals surface area contributed by atoms with E-state index in [0.717, 1.165) is 30.6 Å². The van der Waals surface area contributed by atoms with Crippen LogP contribution in [0.25, 0.3) is 0 Å². The quantitative estimate of drug-likeness (QED) is 0.328. The first kappa shape index (κ1) is 26.1. The number of benzene rings is 1. The standard InChI is InChI=1S/C27H34O10/c1-16(28)33-23-13-24-20(14-27(30,37-24)36-17(2)29)19(23)10-11-22(34-25-9-5-6-12-31-25)26-32-15-18-7-3-4-8-21(18)35-26/h3-4,7-8,10-11,19-20,22-26,30H,5-6,9,12-15H2,1-2H3/b11-10+/t19-,20-,22-,23-,24+,25?,26?,27?/m1/s1. The molecule has 8 atom stereocenters. The Morgan fingerprint density at radius 2 is 2.00 bits per heavy atom. The van der Waals surface area contributed by atoms with Crippen molar-refractivity contribution in [1.82, 2.24) is 0 Å². The van der Waals surface area contributed by atoms with Crippen molar-refractivity contribution < 1.29 is 47.9 Å². The van der Waals surface area contributed by atoms with Gasteiger partial charge in [0, 0.05) is 50.7 Å². The third-order valence-electron chi connectivity index (χ3n) is 7.17. The van der Waals surface area contributed by atoms with Crippen LogP contribution >= 0.6 is 0 Å². The summed E-state index contributed by atoms with van der Waals surface area (Å²) in [5.41, 5.74) is 0.955. The molecular weight excluding hydrogens is 484 g/mol. The molecule has 10 heteroatoms. The van der Waals surface area contributed by atoms with Crippen LogP contribution in [0.3, 0.4) is 0 Å². The predicted molar refractivity (Wildman–Crippen MR) is 127 cm³/mol. The number of hydrogen-bond donors (Lipinski definition) is 1. The summed E-state index contributed by atoms with van der Waals surface area (Å²) in [6, 6.07) is 7.69. The number of carbonyl (C=O) groups excluding carboxylic acids is 2. The molecule has 0 aromatic heterocycles. The van der Waals surface area contributed by atoms with Crippen molar-refractivity contribution in [2.75, 3.05) is 6.61 Å². The van der Waals surface area contributed by atoms with Crippen molar-refractivity contribution in [2.45, 2.75) is 89.4 Å². The molecule has 1 aromatic rings. The van der Waals surface area contributed by atoms with Gasteiger partial charge in [-0.2, -0.15) is 0 Å². The Morgan fingerprint density at radius 1 is 1.16 bits per heavy atom. The van der Waals surface area contributed by atoms with Gasteiger partial charge in [0.2, 0.25) is 6.29 Å². The molecule has 3 heterocycles. The van der Waals surface area contributed by atoms with E-state index in [1.54, 1.807) is 0 Å². The van der Waals surface area contributed by atoms with Gasteiger partial charge in [-0.15, -0.1) is 0 Å². The highest BCUT2D eigenvalue weighted by molar-refractivity contribution is 5.66. The summed E-state index contributed by atoms with van der Waals surface area (Å²) in [5, 5.41) is 10.7. The Hall–Kier alpha value is -2.50. The van der Waals surface area contributed by atoms with Gasteiger partial charge in [-0.05, 0) is 25.3 Å². The fourth-order valence-electron chi connectivity index (χ4n) is 5.63. The molecule has 10 nitrogen and oxygen atoms in total. The van der Waals surface area contributed by atoms with Gasteiger partial charge in [-0.3, -0.25) is 9.59 Å². The normalized spacial score (nSPS) is 35.9. The van der Waals surface area contributed by atoms with Crippen molar-refractivity contribution in [3.8, 4) is 5.75 Å². The fraction of sp³-hybridized carbons (Fsp3) is 0.630. The van der Waals surface area contributed by atoms with Crippen LogP contribution in [0, 0.1) is 11.8 Å². The largest absolute Gasteiger partial charge is 0.462 e. The van der Waals surface area contributed by atoms with Gasteiger partial charge in [-0.25, -0.2) is 0 Å². The van der Waals surface area contributed by atoms with Crippen LogP contribution in [0.5, 0.6) is 5.75 Å². The fourth-order valence-corrected chi connectivity index (χ4v) is 5.63. The third-order valence-corrected chi connectivity index (χ3v) is 7.17. The zero-order chi connectivity index (χ0) is 26.0. The van der Waals surface area contributed by atoms with Crippen molar-refractivity contribution >= 4 is 11.9 Å². The van der Waals surface area contributed by atoms with Crippen molar-refractivity contribution in [2.24, 2.45) is 11.8 Å². The van der Waals surface area contributed by atoms with E-state index in [2.05, 4.69) is 0 Å². The lowest BCUT2D eigenvalue weighted by atomic mass is 9.90. The molecule has 0 amide bonds. The van der Waals surface area contributed by atoms with Crippen molar-refractivity contribution in [3.63, 3.8) is 0 Å². The number of carbonyl (C=O) groups is 2. The van der Waals surface area contributed by atoms with Gasteiger partial charge < -0.3 is 38.3 Å². The average Bonchev–Trinajstić information content (AvgIpc) is 3.33. The van der Waals surface area contributed by atoms with E-state index in [1.165, 1.54) is 13.8 Å². The van der Waals surface area contributed by atoms with Crippen LogP contribution in [0.2, 0.25) is 0 Å². The summed E-state index contributed by atoms with van der Waals surface area (Å²) in [7, 11) is 0. The van der Waals surface area contributed by atoms with Gasteiger partial charge in [0.15, 0.2) is 6.29 Å². The molecule has 1 aromatic carbocycles. The van der Waals surface area contributed by atoms with E-state index in [0.29, 0.717) is 19.6 Å².